The summed E-state index contributed by atoms with van der Waals surface area (Å²) in [6.45, 7) is 7.64. The van der Waals surface area contributed by atoms with Crippen molar-refractivity contribution in [3.63, 3.8) is 0 Å². The van der Waals surface area contributed by atoms with Crippen LogP contribution in [0.1, 0.15) is 19.9 Å². The van der Waals surface area contributed by atoms with Crippen LogP contribution in [0.5, 0.6) is 5.75 Å². The number of ether oxygens (including phenoxy) is 2. The quantitative estimate of drug-likeness (QED) is 0.463. The lowest BCUT2D eigenvalue weighted by atomic mass is 10.2. The number of rotatable bonds is 6. The minimum atomic E-state index is 0.183. The van der Waals surface area contributed by atoms with E-state index in [1.165, 1.54) is 5.69 Å². The molecule has 2 aromatic heterocycles. The van der Waals surface area contributed by atoms with E-state index in [1.807, 2.05) is 24.3 Å². The van der Waals surface area contributed by atoms with Gasteiger partial charge in [0.15, 0.2) is 17.0 Å². The molecule has 170 valence electrons. The van der Waals surface area contributed by atoms with E-state index in [-0.39, 0.29) is 6.04 Å². The van der Waals surface area contributed by atoms with Crippen LogP contribution >= 0.6 is 0 Å². The Labute approximate surface area is 193 Å². The minimum absolute atomic E-state index is 0.183. The third kappa shape index (κ3) is 4.21. The predicted octanol–water partition coefficient (Wildman–Crippen LogP) is 4.66. The number of imidazole rings is 1. The number of benzene rings is 2. The topological polar surface area (TPSA) is 77.3 Å². The van der Waals surface area contributed by atoms with Gasteiger partial charge in [0.05, 0.1) is 20.3 Å². The highest BCUT2D eigenvalue weighted by molar-refractivity contribution is 5.88. The Hall–Kier alpha value is -3.65. The third-order valence-electron chi connectivity index (χ3n) is 5.85. The van der Waals surface area contributed by atoms with Gasteiger partial charge in [-0.05, 0) is 62.4 Å². The Morgan fingerprint density at radius 3 is 2.36 bits per heavy atom. The molecule has 0 amide bonds. The summed E-state index contributed by atoms with van der Waals surface area (Å²) in [5, 5.41) is 3.44. The first kappa shape index (κ1) is 21.2. The Bertz CT molecular complexity index is 1230. The van der Waals surface area contributed by atoms with Crippen LogP contribution in [0, 0.1) is 0 Å². The zero-order chi connectivity index (χ0) is 22.8. The summed E-state index contributed by atoms with van der Waals surface area (Å²) < 4.78 is 12.9. The molecule has 1 aliphatic rings. The summed E-state index contributed by atoms with van der Waals surface area (Å²) in [7, 11) is 1.67. The maximum absolute atomic E-state index is 5.45. The summed E-state index contributed by atoms with van der Waals surface area (Å²) in [5.74, 6) is 2.36. The van der Waals surface area contributed by atoms with Gasteiger partial charge in [0.2, 0.25) is 0 Å². The molecule has 1 saturated heterocycles. The lowest BCUT2D eigenvalue weighted by Gasteiger charge is -2.28. The predicted molar refractivity (Wildman–Crippen MR) is 130 cm³/mol. The van der Waals surface area contributed by atoms with Crippen LogP contribution in [0.4, 0.5) is 17.2 Å². The first-order chi connectivity index (χ1) is 16.1. The van der Waals surface area contributed by atoms with Crippen LogP contribution in [0.3, 0.4) is 0 Å². The average Bonchev–Trinajstić information content (AvgIpc) is 3.26. The Morgan fingerprint density at radius 1 is 0.970 bits per heavy atom. The van der Waals surface area contributed by atoms with Gasteiger partial charge in [-0.3, -0.25) is 0 Å². The Morgan fingerprint density at radius 2 is 1.70 bits per heavy atom. The van der Waals surface area contributed by atoms with E-state index in [9.17, 15) is 0 Å². The van der Waals surface area contributed by atoms with E-state index >= 15 is 0 Å². The molecule has 1 N–H and O–H groups in total. The van der Waals surface area contributed by atoms with Crippen LogP contribution in [-0.2, 0) is 4.74 Å². The molecule has 0 radical (unpaired) electrons. The molecule has 0 bridgehead atoms. The van der Waals surface area contributed by atoms with Crippen molar-refractivity contribution < 1.29 is 9.47 Å². The van der Waals surface area contributed by atoms with E-state index < -0.39 is 0 Å². The monoisotopic (exact) mass is 444 g/mol. The lowest BCUT2D eigenvalue weighted by Crippen LogP contribution is -2.36. The van der Waals surface area contributed by atoms with Crippen LogP contribution < -0.4 is 15.0 Å². The number of fused-ring (bicyclic) bond motifs is 1. The molecule has 8 heteroatoms. The lowest BCUT2D eigenvalue weighted by molar-refractivity contribution is 0.122. The van der Waals surface area contributed by atoms with Crippen molar-refractivity contribution >= 4 is 28.4 Å². The second-order valence-electron chi connectivity index (χ2n) is 8.29. The second-order valence-corrected chi connectivity index (χ2v) is 8.29. The third-order valence-corrected chi connectivity index (χ3v) is 5.85. The molecule has 0 saturated carbocycles. The van der Waals surface area contributed by atoms with Crippen molar-refractivity contribution in [2.45, 2.75) is 19.9 Å². The molecule has 0 unspecified atom stereocenters. The number of hydrogen-bond donors (Lipinski definition) is 1. The summed E-state index contributed by atoms with van der Waals surface area (Å²) in [6.07, 6.45) is 1.59. The summed E-state index contributed by atoms with van der Waals surface area (Å²) >= 11 is 0. The molecule has 33 heavy (non-hydrogen) atoms. The zero-order valence-electron chi connectivity index (χ0n) is 19.2. The molecule has 8 nitrogen and oxygen atoms in total. The highest BCUT2D eigenvalue weighted by Crippen LogP contribution is 2.32. The number of nitrogens with zero attached hydrogens (tertiary/aromatic N) is 5. The van der Waals surface area contributed by atoms with Gasteiger partial charge in [0.25, 0.3) is 0 Å². The van der Waals surface area contributed by atoms with Gasteiger partial charge in [0.1, 0.15) is 17.9 Å². The summed E-state index contributed by atoms with van der Waals surface area (Å²) in [5.41, 5.74) is 4.70. The molecule has 0 atom stereocenters. The maximum atomic E-state index is 5.45. The molecular weight excluding hydrogens is 416 g/mol. The molecule has 1 fully saturated rings. The van der Waals surface area contributed by atoms with Gasteiger partial charge < -0.3 is 24.3 Å². The Balaban J connectivity index is 1.48. The first-order valence-electron chi connectivity index (χ1n) is 11.2. The fourth-order valence-electron chi connectivity index (χ4n) is 4.15. The number of hydrogen-bond acceptors (Lipinski definition) is 7. The molecule has 0 spiro atoms. The van der Waals surface area contributed by atoms with Gasteiger partial charge >= 0.3 is 0 Å². The standard InChI is InChI=1S/C25H28N6O2/c1-17(2)31-24(18-4-10-21(32-3)11-5-18)29-22-23(26-16-27-25(22)31)28-19-6-8-20(9-7-19)30-12-14-33-15-13-30/h4-11,16-17H,12-15H2,1-3H3,(H,26,27,28). The summed E-state index contributed by atoms with van der Waals surface area (Å²) in [6, 6.07) is 16.5. The van der Waals surface area contributed by atoms with E-state index in [0.717, 1.165) is 60.3 Å². The molecule has 2 aromatic carbocycles. The smallest absolute Gasteiger partial charge is 0.166 e. The van der Waals surface area contributed by atoms with Crippen LogP contribution in [0.15, 0.2) is 54.9 Å². The van der Waals surface area contributed by atoms with Gasteiger partial charge in [-0.1, -0.05) is 0 Å². The van der Waals surface area contributed by atoms with Crippen LogP contribution in [-0.4, -0.2) is 52.9 Å². The van der Waals surface area contributed by atoms with E-state index in [2.05, 4.69) is 62.9 Å². The number of anilines is 3. The summed E-state index contributed by atoms with van der Waals surface area (Å²) in [4.78, 5) is 16.4. The molecule has 3 heterocycles. The number of methoxy groups -OCH3 is 1. The fourth-order valence-corrected chi connectivity index (χ4v) is 4.15. The van der Waals surface area contributed by atoms with Gasteiger partial charge in [0, 0.05) is 36.1 Å². The first-order valence-corrected chi connectivity index (χ1v) is 11.2. The number of morpholine rings is 1. The number of aromatic nitrogens is 4. The van der Waals surface area contributed by atoms with Crippen molar-refractivity contribution in [3.05, 3.63) is 54.9 Å². The van der Waals surface area contributed by atoms with E-state index in [1.54, 1.807) is 13.4 Å². The van der Waals surface area contributed by atoms with Gasteiger partial charge in [-0.15, -0.1) is 0 Å². The fraction of sp³-hybridized carbons (Fsp3) is 0.320. The molecule has 0 aliphatic carbocycles. The number of nitrogens with one attached hydrogen (secondary N) is 1. The minimum Gasteiger partial charge on any atom is -0.497 e. The molecule has 5 rings (SSSR count). The van der Waals surface area contributed by atoms with Crippen LogP contribution in [0.2, 0.25) is 0 Å². The van der Waals surface area contributed by atoms with Gasteiger partial charge in [-0.25, -0.2) is 15.0 Å². The molecule has 1 aliphatic heterocycles. The SMILES string of the molecule is COc1ccc(-c2nc3c(Nc4ccc(N5CCOCC5)cc4)ncnc3n2C(C)C)cc1. The maximum Gasteiger partial charge on any atom is 0.166 e. The highest BCUT2D eigenvalue weighted by atomic mass is 16.5. The largest absolute Gasteiger partial charge is 0.497 e. The normalized spacial score (nSPS) is 14.1. The van der Waals surface area contributed by atoms with E-state index in [0.29, 0.717) is 5.82 Å². The van der Waals surface area contributed by atoms with Crippen molar-refractivity contribution in [3.8, 4) is 17.1 Å². The van der Waals surface area contributed by atoms with Crippen molar-refractivity contribution in [2.75, 3.05) is 43.6 Å². The molecule has 4 aromatic rings. The molecular formula is C25H28N6O2. The highest BCUT2D eigenvalue weighted by Gasteiger charge is 2.19. The van der Waals surface area contributed by atoms with E-state index in [4.69, 9.17) is 14.5 Å². The average molecular weight is 445 g/mol. The van der Waals surface area contributed by atoms with Crippen molar-refractivity contribution in [2.24, 2.45) is 0 Å². The van der Waals surface area contributed by atoms with Gasteiger partial charge in [-0.2, -0.15) is 0 Å². The van der Waals surface area contributed by atoms with Crippen molar-refractivity contribution in [1.29, 1.82) is 0 Å². The van der Waals surface area contributed by atoms with Crippen molar-refractivity contribution in [1.82, 2.24) is 19.5 Å². The second kappa shape index (κ2) is 9.07. The zero-order valence-corrected chi connectivity index (χ0v) is 19.2. The Kier molecular flexibility index (Phi) is 5.83. The van der Waals surface area contributed by atoms with Crippen LogP contribution in [0.25, 0.3) is 22.6 Å².